The van der Waals surface area contributed by atoms with Gasteiger partial charge in [0.2, 0.25) is 0 Å². The summed E-state index contributed by atoms with van der Waals surface area (Å²) in [4.78, 5) is 14.9. The van der Waals surface area contributed by atoms with E-state index < -0.39 is 5.97 Å². The topological polar surface area (TPSA) is 62.2 Å². The lowest BCUT2D eigenvalue weighted by molar-refractivity contribution is -0.138. The zero-order valence-electron chi connectivity index (χ0n) is 14.6. The maximum atomic E-state index is 10.7. The molecule has 1 heterocycles. The van der Waals surface area contributed by atoms with Gasteiger partial charge in [0.05, 0.1) is 26.4 Å². The van der Waals surface area contributed by atoms with Gasteiger partial charge >= 0.3 is 5.97 Å². The Balaban J connectivity index is 1.71. The molecule has 1 aliphatic rings. The van der Waals surface area contributed by atoms with Crippen molar-refractivity contribution < 1.29 is 19.4 Å². The summed E-state index contributed by atoms with van der Waals surface area (Å²) in [6.07, 6.45) is 2.20. The number of methoxy groups -OCH3 is 1. The van der Waals surface area contributed by atoms with Crippen LogP contribution in [0.4, 0.5) is 0 Å². The predicted molar refractivity (Wildman–Crippen MR) is 92.6 cm³/mol. The van der Waals surface area contributed by atoms with Crippen molar-refractivity contribution in [1.29, 1.82) is 0 Å². The molecule has 1 saturated heterocycles. The van der Waals surface area contributed by atoms with E-state index >= 15 is 0 Å². The molecule has 6 nitrogen and oxygen atoms in total. The van der Waals surface area contributed by atoms with Crippen molar-refractivity contribution in [1.82, 2.24) is 9.80 Å². The van der Waals surface area contributed by atoms with Crippen molar-refractivity contribution >= 4 is 5.97 Å². The lowest BCUT2D eigenvalue weighted by Crippen LogP contribution is -2.47. The number of aryl methyl sites for hydroxylation is 1. The van der Waals surface area contributed by atoms with Crippen molar-refractivity contribution in [3.05, 3.63) is 29.8 Å². The molecular formula is C18H28N2O4. The number of hydrogen-bond acceptors (Lipinski definition) is 5. The van der Waals surface area contributed by atoms with E-state index in [1.165, 1.54) is 5.56 Å². The highest BCUT2D eigenvalue weighted by Gasteiger charge is 2.21. The maximum absolute atomic E-state index is 10.7. The van der Waals surface area contributed by atoms with E-state index in [4.69, 9.17) is 14.6 Å². The number of carbonyl (C=O) groups is 1. The number of rotatable bonds is 9. The molecule has 1 fully saturated rings. The van der Waals surface area contributed by atoms with Crippen LogP contribution in [0.3, 0.4) is 0 Å². The second-order valence-electron chi connectivity index (χ2n) is 6.34. The summed E-state index contributed by atoms with van der Waals surface area (Å²) in [5.41, 5.74) is 1.29. The first-order chi connectivity index (χ1) is 11.6. The Hall–Kier alpha value is -1.63. The molecule has 6 heteroatoms. The van der Waals surface area contributed by atoms with Gasteiger partial charge in [-0.1, -0.05) is 12.1 Å². The Morgan fingerprint density at radius 3 is 3.08 bits per heavy atom. The molecule has 1 unspecified atom stereocenters. The zero-order valence-corrected chi connectivity index (χ0v) is 14.6. The van der Waals surface area contributed by atoms with Crippen molar-refractivity contribution in [3.63, 3.8) is 0 Å². The van der Waals surface area contributed by atoms with E-state index in [2.05, 4.69) is 17.0 Å². The maximum Gasteiger partial charge on any atom is 0.317 e. The molecule has 0 bridgehead atoms. The van der Waals surface area contributed by atoms with E-state index in [-0.39, 0.29) is 12.6 Å². The number of benzene rings is 1. The van der Waals surface area contributed by atoms with E-state index in [0.29, 0.717) is 13.2 Å². The van der Waals surface area contributed by atoms with Gasteiger partial charge in [0, 0.05) is 19.6 Å². The van der Waals surface area contributed by atoms with Gasteiger partial charge in [0.1, 0.15) is 5.75 Å². The number of ether oxygens (including phenoxy) is 2. The molecule has 24 heavy (non-hydrogen) atoms. The van der Waals surface area contributed by atoms with E-state index in [1.54, 1.807) is 12.0 Å². The van der Waals surface area contributed by atoms with Gasteiger partial charge in [-0.2, -0.15) is 0 Å². The average Bonchev–Trinajstić information content (AvgIpc) is 2.54. The fraction of sp³-hybridized carbons (Fsp3) is 0.611. The summed E-state index contributed by atoms with van der Waals surface area (Å²) in [5, 5.41) is 8.83. The van der Waals surface area contributed by atoms with E-state index in [0.717, 1.165) is 38.2 Å². The molecular weight excluding hydrogens is 308 g/mol. The number of hydrogen-bond donors (Lipinski definition) is 1. The molecule has 2 rings (SSSR count). The van der Waals surface area contributed by atoms with Crippen molar-refractivity contribution in [3.8, 4) is 5.75 Å². The first kappa shape index (κ1) is 18.7. The fourth-order valence-electron chi connectivity index (χ4n) is 3.07. The van der Waals surface area contributed by atoms with Crippen LogP contribution in [0, 0.1) is 0 Å². The summed E-state index contributed by atoms with van der Waals surface area (Å²) in [5.74, 6) is 0.101. The Labute approximate surface area is 144 Å². The van der Waals surface area contributed by atoms with Gasteiger partial charge < -0.3 is 14.6 Å². The van der Waals surface area contributed by atoms with Crippen LogP contribution in [0.5, 0.6) is 5.75 Å². The third-order valence-electron chi connectivity index (χ3n) is 4.22. The standard InChI is InChI=1S/C18H28N2O4/c1-19(14-18(21)22)12-17-13-20(9-10-24-17)8-4-6-15-5-3-7-16(11-15)23-2/h3,5,7,11,17H,4,6,8-10,12-14H2,1-2H3,(H,21,22). The van der Waals surface area contributed by atoms with Crippen molar-refractivity contribution in [2.24, 2.45) is 0 Å². The smallest absolute Gasteiger partial charge is 0.317 e. The number of carboxylic acids is 1. The van der Waals surface area contributed by atoms with Crippen LogP contribution >= 0.6 is 0 Å². The van der Waals surface area contributed by atoms with Crippen LogP contribution in [0.2, 0.25) is 0 Å². The molecule has 1 N–H and O–H groups in total. The summed E-state index contributed by atoms with van der Waals surface area (Å²) in [7, 11) is 3.51. The van der Waals surface area contributed by atoms with Gasteiger partial charge in [0.15, 0.2) is 0 Å². The van der Waals surface area contributed by atoms with Crippen molar-refractivity contribution in [2.45, 2.75) is 18.9 Å². The number of aliphatic carboxylic acids is 1. The normalized spacial score (nSPS) is 18.7. The molecule has 1 atom stereocenters. The molecule has 1 aliphatic heterocycles. The Bertz CT molecular complexity index is 523. The number of nitrogens with zero attached hydrogens (tertiary/aromatic N) is 2. The van der Waals surface area contributed by atoms with Crippen LogP contribution in [0.15, 0.2) is 24.3 Å². The highest BCUT2D eigenvalue weighted by atomic mass is 16.5. The second-order valence-corrected chi connectivity index (χ2v) is 6.34. The predicted octanol–water partition coefficient (Wildman–Crippen LogP) is 1.35. The van der Waals surface area contributed by atoms with Gasteiger partial charge in [-0.25, -0.2) is 0 Å². The summed E-state index contributed by atoms with van der Waals surface area (Å²) in [6.45, 7) is 4.25. The largest absolute Gasteiger partial charge is 0.497 e. The minimum Gasteiger partial charge on any atom is -0.497 e. The number of carboxylic acid groups (broad SMARTS) is 1. The molecule has 1 aromatic rings. The van der Waals surface area contributed by atoms with E-state index in [1.807, 2.05) is 19.2 Å². The number of morpholine rings is 1. The first-order valence-electron chi connectivity index (χ1n) is 8.44. The van der Waals surface area contributed by atoms with Gasteiger partial charge in [-0.3, -0.25) is 14.6 Å². The van der Waals surface area contributed by atoms with Gasteiger partial charge in [-0.05, 0) is 44.1 Å². The third kappa shape index (κ3) is 6.47. The van der Waals surface area contributed by atoms with Gasteiger partial charge in [0.25, 0.3) is 0 Å². The zero-order chi connectivity index (χ0) is 17.4. The quantitative estimate of drug-likeness (QED) is 0.734. The highest BCUT2D eigenvalue weighted by molar-refractivity contribution is 5.69. The summed E-state index contributed by atoms with van der Waals surface area (Å²) >= 11 is 0. The minimum atomic E-state index is -0.802. The lowest BCUT2D eigenvalue weighted by Gasteiger charge is -2.34. The summed E-state index contributed by atoms with van der Waals surface area (Å²) < 4.78 is 11.0. The third-order valence-corrected chi connectivity index (χ3v) is 4.22. The molecule has 134 valence electrons. The van der Waals surface area contributed by atoms with Crippen LogP contribution in [-0.2, 0) is 16.0 Å². The molecule has 0 radical (unpaired) electrons. The first-order valence-corrected chi connectivity index (χ1v) is 8.44. The van der Waals surface area contributed by atoms with Crippen LogP contribution in [0.1, 0.15) is 12.0 Å². The lowest BCUT2D eigenvalue weighted by atomic mass is 10.1. The highest BCUT2D eigenvalue weighted by Crippen LogP contribution is 2.14. The van der Waals surface area contributed by atoms with Crippen molar-refractivity contribution in [2.75, 3.05) is 53.5 Å². The SMILES string of the molecule is COc1cccc(CCCN2CCOC(CN(C)CC(=O)O)C2)c1. The molecule has 1 aromatic carbocycles. The second kappa shape index (κ2) is 9.61. The Morgan fingerprint density at radius 2 is 2.33 bits per heavy atom. The molecule has 0 amide bonds. The average molecular weight is 336 g/mol. The van der Waals surface area contributed by atoms with Crippen LogP contribution in [-0.4, -0.2) is 80.5 Å². The van der Waals surface area contributed by atoms with Crippen LogP contribution in [0.25, 0.3) is 0 Å². The molecule has 0 spiro atoms. The minimum absolute atomic E-state index is 0.0513. The number of likely N-dealkylation sites (N-methyl/N-ethyl adjacent to an activating group) is 1. The Kier molecular flexibility index (Phi) is 7.49. The van der Waals surface area contributed by atoms with E-state index in [9.17, 15) is 4.79 Å². The fourth-order valence-corrected chi connectivity index (χ4v) is 3.07. The molecule has 0 aromatic heterocycles. The van der Waals surface area contributed by atoms with Crippen LogP contribution < -0.4 is 4.74 Å². The summed E-state index contributed by atoms with van der Waals surface area (Å²) in [6, 6.07) is 8.20. The monoisotopic (exact) mass is 336 g/mol. The molecule has 0 aliphatic carbocycles. The van der Waals surface area contributed by atoms with Gasteiger partial charge in [-0.15, -0.1) is 0 Å². The molecule has 0 saturated carbocycles. The Morgan fingerprint density at radius 1 is 1.50 bits per heavy atom.